The maximum Gasteiger partial charge on any atom is 0.134 e. The monoisotopic (exact) mass is 257 g/mol. The molecule has 18 heavy (non-hydrogen) atoms. The van der Waals surface area contributed by atoms with Gasteiger partial charge >= 0.3 is 0 Å². The van der Waals surface area contributed by atoms with E-state index in [1.54, 1.807) is 19.2 Å². The van der Waals surface area contributed by atoms with Crippen LogP contribution >= 0.6 is 0 Å². The summed E-state index contributed by atoms with van der Waals surface area (Å²) in [6.45, 7) is 3.32. The van der Waals surface area contributed by atoms with Crippen LogP contribution in [-0.2, 0) is 16.9 Å². The highest BCUT2D eigenvalue weighted by molar-refractivity contribution is 5.49. The van der Waals surface area contributed by atoms with Crippen molar-refractivity contribution in [1.82, 2.24) is 0 Å². The van der Waals surface area contributed by atoms with Gasteiger partial charge in [-0.2, -0.15) is 0 Å². The van der Waals surface area contributed by atoms with Gasteiger partial charge in [-0.3, -0.25) is 0 Å². The van der Waals surface area contributed by atoms with Crippen LogP contribution in [0.15, 0.2) is 12.1 Å². The molecule has 0 unspecified atom stereocenters. The summed E-state index contributed by atoms with van der Waals surface area (Å²) in [6.07, 6.45) is 0.548. The van der Waals surface area contributed by atoms with E-state index in [1.807, 2.05) is 0 Å². The number of alkyl halides is 1. The van der Waals surface area contributed by atoms with E-state index in [0.717, 1.165) is 5.56 Å². The molecule has 0 saturated heterocycles. The first-order valence-corrected chi connectivity index (χ1v) is 5.70. The molecule has 0 spiro atoms. The predicted molar refractivity (Wildman–Crippen MR) is 67.5 cm³/mol. The number of benzene rings is 1. The SMILES string of the molecule is COc1cc(OC)c(C(C)(C)F)cc1CCON. The van der Waals surface area contributed by atoms with Crippen LogP contribution in [0.1, 0.15) is 25.0 Å². The van der Waals surface area contributed by atoms with Crippen molar-refractivity contribution >= 4 is 0 Å². The molecule has 1 rings (SSSR count). The summed E-state index contributed by atoms with van der Waals surface area (Å²) in [6, 6.07) is 3.42. The van der Waals surface area contributed by atoms with E-state index in [4.69, 9.17) is 15.4 Å². The molecule has 0 bridgehead atoms. The zero-order valence-electron chi connectivity index (χ0n) is 11.2. The molecule has 2 N–H and O–H groups in total. The number of hydrogen-bond acceptors (Lipinski definition) is 4. The zero-order valence-corrected chi connectivity index (χ0v) is 11.2. The first kappa shape index (κ1) is 14.7. The normalized spacial score (nSPS) is 11.4. The molecule has 0 atom stereocenters. The van der Waals surface area contributed by atoms with Crippen LogP contribution in [0.5, 0.6) is 11.5 Å². The molecule has 0 fully saturated rings. The Hall–Kier alpha value is -1.33. The minimum Gasteiger partial charge on any atom is -0.496 e. The molecule has 102 valence electrons. The lowest BCUT2D eigenvalue weighted by Crippen LogP contribution is -2.13. The summed E-state index contributed by atoms with van der Waals surface area (Å²) in [4.78, 5) is 4.55. The molecule has 4 nitrogen and oxygen atoms in total. The number of rotatable bonds is 6. The average molecular weight is 257 g/mol. The van der Waals surface area contributed by atoms with Crippen molar-refractivity contribution in [3.63, 3.8) is 0 Å². The third-order valence-electron chi connectivity index (χ3n) is 2.73. The molecule has 0 aliphatic carbocycles. The number of halogens is 1. The van der Waals surface area contributed by atoms with Crippen molar-refractivity contribution < 1.29 is 18.7 Å². The van der Waals surface area contributed by atoms with Gasteiger partial charge in [0.1, 0.15) is 17.2 Å². The Morgan fingerprint density at radius 2 is 1.78 bits per heavy atom. The minimum atomic E-state index is -1.49. The number of nitrogens with two attached hydrogens (primary N) is 1. The molecule has 1 aromatic carbocycles. The maximum atomic E-state index is 14.1. The highest BCUT2D eigenvalue weighted by Crippen LogP contribution is 2.37. The van der Waals surface area contributed by atoms with Gasteiger partial charge in [-0.15, -0.1) is 0 Å². The van der Waals surface area contributed by atoms with Crippen molar-refractivity contribution in [3.05, 3.63) is 23.3 Å². The minimum absolute atomic E-state index is 0.342. The lowest BCUT2D eigenvalue weighted by atomic mass is 9.95. The van der Waals surface area contributed by atoms with E-state index < -0.39 is 5.67 Å². The van der Waals surface area contributed by atoms with Gasteiger partial charge in [0.15, 0.2) is 0 Å². The molecule has 0 aromatic heterocycles. The Morgan fingerprint density at radius 1 is 1.17 bits per heavy atom. The van der Waals surface area contributed by atoms with Gasteiger partial charge in [0.25, 0.3) is 0 Å². The fraction of sp³-hybridized carbons (Fsp3) is 0.538. The maximum absolute atomic E-state index is 14.1. The fourth-order valence-electron chi connectivity index (χ4n) is 1.79. The van der Waals surface area contributed by atoms with Crippen molar-refractivity contribution in [2.45, 2.75) is 25.9 Å². The Morgan fingerprint density at radius 3 is 2.22 bits per heavy atom. The van der Waals surface area contributed by atoms with Gasteiger partial charge in [-0.1, -0.05) is 0 Å². The van der Waals surface area contributed by atoms with Gasteiger partial charge in [-0.25, -0.2) is 10.3 Å². The fourth-order valence-corrected chi connectivity index (χ4v) is 1.79. The summed E-state index contributed by atoms with van der Waals surface area (Å²) >= 11 is 0. The summed E-state index contributed by atoms with van der Waals surface area (Å²) in [5.74, 6) is 6.11. The third kappa shape index (κ3) is 3.34. The Balaban J connectivity index is 3.25. The Kier molecular flexibility index (Phi) is 4.93. The van der Waals surface area contributed by atoms with Gasteiger partial charge in [0.2, 0.25) is 0 Å². The van der Waals surface area contributed by atoms with E-state index >= 15 is 0 Å². The van der Waals surface area contributed by atoms with Crippen LogP contribution in [0.4, 0.5) is 4.39 Å². The van der Waals surface area contributed by atoms with E-state index in [0.29, 0.717) is 30.1 Å². The smallest absolute Gasteiger partial charge is 0.134 e. The summed E-state index contributed by atoms with van der Waals surface area (Å²) < 4.78 is 24.6. The Bertz CT molecular complexity index is 402. The summed E-state index contributed by atoms with van der Waals surface area (Å²) in [7, 11) is 3.06. The van der Waals surface area contributed by atoms with Crippen LogP contribution in [0.25, 0.3) is 0 Å². The van der Waals surface area contributed by atoms with E-state index in [1.165, 1.54) is 21.0 Å². The molecule has 1 aromatic rings. The van der Waals surface area contributed by atoms with Gasteiger partial charge in [0.05, 0.1) is 20.8 Å². The average Bonchev–Trinajstić information content (AvgIpc) is 2.34. The first-order valence-electron chi connectivity index (χ1n) is 5.70. The van der Waals surface area contributed by atoms with Gasteiger partial charge in [0, 0.05) is 18.1 Å². The highest BCUT2D eigenvalue weighted by Gasteiger charge is 2.25. The van der Waals surface area contributed by atoms with Crippen molar-refractivity contribution in [1.29, 1.82) is 0 Å². The van der Waals surface area contributed by atoms with Crippen molar-refractivity contribution in [2.24, 2.45) is 5.90 Å². The topological polar surface area (TPSA) is 53.7 Å². The molecule has 0 amide bonds. The first-order chi connectivity index (χ1) is 8.43. The second-order valence-corrected chi connectivity index (χ2v) is 4.46. The van der Waals surface area contributed by atoms with Crippen molar-refractivity contribution in [2.75, 3.05) is 20.8 Å². The quantitative estimate of drug-likeness (QED) is 0.795. The Labute approximate surface area is 107 Å². The van der Waals surface area contributed by atoms with Crippen LogP contribution in [0.3, 0.4) is 0 Å². The van der Waals surface area contributed by atoms with Crippen LogP contribution in [0, 0.1) is 0 Å². The number of methoxy groups -OCH3 is 2. The molecule has 5 heteroatoms. The predicted octanol–water partition coefficient (Wildman–Crippen LogP) is 2.34. The second kappa shape index (κ2) is 6.02. The number of hydrogen-bond donors (Lipinski definition) is 1. The summed E-state index contributed by atoms with van der Waals surface area (Å²) in [5.41, 5.74) is -0.169. The molecule has 0 aliphatic heterocycles. The molecule has 0 heterocycles. The number of ether oxygens (including phenoxy) is 2. The highest BCUT2D eigenvalue weighted by atomic mass is 19.1. The molecular formula is C13H20FNO3. The van der Waals surface area contributed by atoms with Crippen molar-refractivity contribution in [3.8, 4) is 11.5 Å². The zero-order chi connectivity index (χ0) is 13.8. The lowest BCUT2D eigenvalue weighted by molar-refractivity contribution is 0.140. The lowest BCUT2D eigenvalue weighted by Gasteiger charge is -2.21. The molecular weight excluding hydrogens is 237 g/mol. The van der Waals surface area contributed by atoms with Crippen LogP contribution < -0.4 is 15.4 Å². The second-order valence-electron chi connectivity index (χ2n) is 4.46. The van der Waals surface area contributed by atoms with Gasteiger partial charge < -0.3 is 14.3 Å². The van der Waals surface area contributed by atoms with E-state index in [9.17, 15) is 4.39 Å². The molecule has 0 saturated carbocycles. The van der Waals surface area contributed by atoms with Crippen LogP contribution in [-0.4, -0.2) is 20.8 Å². The standard InChI is InChI=1S/C13H20FNO3/c1-13(2,14)10-7-9(5-6-18-15)11(16-3)8-12(10)17-4/h7-8H,5-6,15H2,1-4H3. The molecule has 0 aliphatic rings. The molecule has 0 radical (unpaired) electrons. The van der Waals surface area contributed by atoms with E-state index in [2.05, 4.69) is 4.84 Å². The van der Waals surface area contributed by atoms with Gasteiger partial charge in [-0.05, 0) is 25.5 Å². The largest absolute Gasteiger partial charge is 0.496 e. The summed E-state index contributed by atoms with van der Waals surface area (Å²) in [5, 5.41) is 0. The van der Waals surface area contributed by atoms with Crippen LogP contribution in [0.2, 0.25) is 0 Å². The van der Waals surface area contributed by atoms with E-state index in [-0.39, 0.29) is 0 Å². The third-order valence-corrected chi connectivity index (χ3v) is 2.73.